The zero-order valence-electron chi connectivity index (χ0n) is 33.1. The van der Waals surface area contributed by atoms with Crippen LogP contribution in [-0.4, -0.2) is 47.1 Å². The Morgan fingerprint density at radius 1 is 0.667 bits per heavy atom. The summed E-state index contributed by atoms with van der Waals surface area (Å²) >= 11 is 6.05. The van der Waals surface area contributed by atoms with Gasteiger partial charge >= 0.3 is 0 Å². The number of allylic oxidation sites excluding steroid dienone is 12. The monoisotopic (exact) mass is 748 g/mol. The predicted octanol–water partition coefficient (Wildman–Crippen LogP) is 12.3. The molecule has 3 rings (SSSR count). The molecule has 0 spiro atoms. The quantitative estimate of drug-likeness (QED) is 0.0810. The standard InChI is InChI=1S/C48H61ClN2O3/c1-5-6-7-8-9-10-11-12-13-14-15-16-17-18-19-20-21-22-23-26-43(52)27-24-35-50(4)36-25-28-44(53)38-45-40(3)51(47-34-29-39(2)37-46(45)47)48(54)41-30-32-42(49)33-31-41/h6-7,9-10,12-13,15-16,18-19,21-22,29-34,37H,5,8,11,14,17,20,23-28,35-36,38H2,1-4H3/b7-6-,10-9-,13-12-,16-15-,19-18-,22-21-. The average molecular weight is 749 g/mol. The van der Waals surface area contributed by atoms with Gasteiger partial charge in [-0.15, -0.1) is 0 Å². The van der Waals surface area contributed by atoms with Gasteiger partial charge in [0.05, 0.1) is 5.52 Å². The van der Waals surface area contributed by atoms with E-state index in [4.69, 9.17) is 11.6 Å². The fraction of sp³-hybridized carbons (Fsp3) is 0.396. The number of hydrogen-bond acceptors (Lipinski definition) is 4. The van der Waals surface area contributed by atoms with E-state index in [2.05, 4.69) is 97.8 Å². The molecule has 1 heterocycles. The Kier molecular flexibility index (Phi) is 20.9. The minimum atomic E-state index is -0.134. The van der Waals surface area contributed by atoms with E-state index < -0.39 is 0 Å². The lowest BCUT2D eigenvalue weighted by molar-refractivity contribution is -0.119. The number of aromatic nitrogens is 1. The highest BCUT2D eigenvalue weighted by molar-refractivity contribution is 6.30. The van der Waals surface area contributed by atoms with Crippen LogP contribution in [0, 0.1) is 13.8 Å². The fourth-order valence-corrected chi connectivity index (χ4v) is 6.43. The third-order valence-corrected chi connectivity index (χ3v) is 9.59. The molecule has 0 radical (unpaired) electrons. The van der Waals surface area contributed by atoms with Crippen LogP contribution < -0.4 is 0 Å². The summed E-state index contributed by atoms with van der Waals surface area (Å²) in [5.41, 5.74) is 4.16. The first-order valence-electron chi connectivity index (χ1n) is 19.7. The van der Waals surface area contributed by atoms with Gasteiger partial charge < -0.3 is 4.90 Å². The van der Waals surface area contributed by atoms with E-state index in [1.807, 2.05) is 26.0 Å². The highest BCUT2D eigenvalue weighted by Crippen LogP contribution is 2.29. The van der Waals surface area contributed by atoms with Crippen molar-refractivity contribution in [3.05, 3.63) is 143 Å². The van der Waals surface area contributed by atoms with Crippen LogP contribution in [0.15, 0.2) is 115 Å². The van der Waals surface area contributed by atoms with Gasteiger partial charge in [-0.05, 0) is 134 Å². The summed E-state index contributed by atoms with van der Waals surface area (Å²) in [6, 6.07) is 12.9. The van der Waals surface area contributed by atoms with Crippen molar-refractivity contribution in [2.75, 3.05) is 20.1 Å². The maximum atomic E-state index is 13.5. The SMILES string of the molecule is CC/C=C\C/C=C\C/C=C\C/C=C\C/C=C\C/C=C\CCC(=O)CCCN(C)CCCC(=O)Cc1c(C)n(C(=O)c2ccc(Cl)cc2)c2ccc(C)cc12. The van der Waals surface area contributed by atoms with Crippen molar-refractivity contribution in [1.29, 1.82) is 0 Å². The second-order valence-electron chi connectivity index (χ2n) is 14.0. The molecule has 5 nitrogen and oxygen atoms in total. The number of carbonyl (C=O) groups is 3. The van der Waals surface area contributed by atoms with Crippen molar-refractivity contribution in [3.63, 3.8) is 0 Å². The first kappa shape index (κ1) is 44.1. The van der Waals surface area contributed by atoms with Crippen LogP contribution in [0.1, 0.15) is 111 Å². The van der Waals surface area contributed by atoms with Gasteiger partial charge in [-0.25, -0.2) is 0 Å². The van der Waals surface area contributed by atoms with E-state index >= 15 is 0 Å². The molecule has 0 amide bonds. The summed E-state index contributed by atoms with van der Waals surface area (Å²) in [5.74, 6) is 0.332. The molecule has 288 valence electrons. The molecule has 0 aliphatic heterocycles. The van der Waals surface area contributed by atoms with Crippen molar-refractivity contribution < 1.29 is 14.4 Å². The summed E-state index contributed by atoms with van der Waals surface area (Å²) in [7, 11) is 2.05. The van der Waals surface area contributed by atoms with Gasteiger partial charge in [0.1, 0.15) is 11.6 Å². The molecule has 0 atom stereocenters. The fourth-order valence-electron chi connectivity index (χ4n) is 6.30. The van der Waals surface area contributed by atoms with Gasteiger partial charge in [-0.1, -0.05) is 103 Å². The minimum absolute atomic E-state index is 0.134. The highest BCUT2D eigenvalue weighted by Gasteiger charge is 2.21. The minimum Gasteiger partial charge on any atom is -0.306 e. The number of fused-ring (bicyclic) bond motifs is 1. The van der Waals surface area contributed by atoms with Gasteiger partial charge in [-0.3, -0.25) is 19.0 Å². The van der Waals surface area contributed by atoms with E-state index in [-0.39, 0.29) is 11.7 Å². The number of benzene rings is 2. The molecule has 0 bridgehead atoms. The van der Waals surface area contributed by atoms with Gasteiger partial charge in [0, 0.05) is 47.3 Å². The maximum absolute atomic E-state index is 13.5. The molecule has 0 N–H and O–H groups in total. The summed E-state index contributed by atoms with van der Waals surface area (Å²) in [5, 5.41) is 1.53. The van der Waals surface area contributed by atoms with E-state index in [1.54, 1.807) is 28.8 Å². The van der Waals surface area contributed by atoms with Crippen molar-refractivity contribution in [1.82, 2.24) is 9.47 Å². The third-order valence-electron chi connectivity index (χ3n) is 9.34. The molecule has 6 heteroatoms. The van der Waals surface area contributed by atoms with Crippen molar-refractivity contribution in [2.45, 2.75) is 104 Å². The lowest BCUT2D eigenvalue weighted by Crippen LogP contribution is -2.22. The molecule has 2 aromatic carbocycles. The lowest BCUT2D eigenvalue weighted by Gasteiger charge is -2.16. The van der Waals surface area contributed by atoms with Crippen molar-refractivity contribution in [2.24, 2.45) is 0 Å². The molecule has 0 unspecified atom stereocenters. The zero-order valence-corrected chi connectivity index (χ0v) is 33.8. The number of aryl methyl sites for hydroxylation is 1. The Morgan fingerprint density at radius 3 is 1.74 bits per heavy atom. The Hall–Kier alpha value is -4.32. The Bertz CT molecular complexity index is 1800. The topological polar surface area (TPSA) is 59.4 Å². The molecule has 0 fully saturated rings. The molecule has 0 saturated carbocycles. The molecule has 3 aromatic rings. The highest BCUT2D eigenvalue weighted by atomic mass is 35.5. The van der Waals surface area contributed by atoms with Crippen LogP contribution in [-0.2, 0) is 16.0 Å². The van der Waals surface area contributed by atoms with E-state index in [0.717, 1.165) is 98.6 Å². The largest absolute Gasteiger partial charge is 0.306 e. The average Bonchev–Trinajstić information content (AvgIpc) is 3.41. The number of hydrogen-bond donors (Lipinski definition) is 0. The number of ketones is 2. The zero-order chi connectivity index (χ0) is 39.0. The van der Waals surface area contributed by atoms with Crippen LogP contribution in [0.5, 0.6) is 0 Å². The van der Waals surface area contributed by atoms with Crippen molar-refractivity contribution >= 4 is 40.0 Å². The molecule has 54 heavy (non-hydrogen) atoms. The van der Waals surface area contributed by atoms with Gasteiger partial charge in [0.2, 0.25) is 0 Å². The molecule has 0 aliphatic rings. The predicted molar refractivity (Wildman–Crippen MR) is 230 cm³/mol. The summed E-state index contributed by atoms with van der Waals surface area (Å²) in [4.78, 5) is 41.3. The second-order valence-corrected chi connectivity index (χ2v) is 14.4. The van der Waals surface area contributed by atoms with Crippen LogP contribution in [0.3, 0.4) is 0 Å². The van der Waals surface area contributed by atoms with E-state index in [9.17, 15) is 14.4 Å². The van der Waals surface area contributed by atoms with Crippen LogP contribution in [0.2, 0.25) is 5.02 Å². The van der Waals surface area contributed by atoms with Gasteiger partial charge in [0.25, 0.3) is 5.91 Å². The number of rotatable bonds is 25. The molecule has 0 saturated heterocycles. The Morgan fingerprint density at radius 2 is 1.19 bits per heavy atom. The normalized spacial score (nSPS) is 12.5. The summed E-state index contributed by atoms with van der Waals surface area (Å²) < 4.78 is 1.72. The lowest BCUT2D eigenvalue weighted by atomic mass is 10.0. The number of Topliss-reactive ketones (excluding diaryl/α,β-unsaturated/α-hetero) is 2. The summed E-state index contributed by atoms with van der Waals surface area (Å²) in [6.45, 7) is 7.73. The second kappa shape index (κ2) is 25.7. The van der Waals surface area contributed by atoms with Crippen LogP contribution >= 0.6 is 11.6 Å². The van der Waals surface area contributed by atoms with E-state index in [0.29, 0.717) is 42.1 Å². The maximum Gasteiger partial charge on any atom is 0.262 e. The number of carbonyl (C=O) groups excluding carboxylic acids is 3. The van der Waals surface area contributed by atoms with Gasteiger partial charge in [0.15, 0.2) is 0 Å². The third kappa shape index (κ3) is 16.4. The van der Waals surface area contributed by atoms with Crippen molar-refractivity contribution in [3.8, 4) is 0 Å². The van der Waals surface area contributed by atoms with E-state index in [1.165, 1.54) is 0 Å². The number of nitrogens with zero attached hydrogens (tertiary/aromatic N) is 2. The van der Waals surface area contributed by atoms with Crippen LogP contribution in [0.25, 0.3) is 10.9 Å². The first-order valence-corrected chi connectivity index (χ1v) is 20.1. The summed E-state index contributed by atoms with van der Waals surface area (Å²) in [6.07, 6.45) is 36.5. The smallest absolute Gasteiger partial charge is 0.262 e. The Labute approximate surface area is 329 Å². The molecule has 1 aromatic heterocycles. The van der Waals surface area contributed by atoms with Gasteiger partial charge in [-0.2, -0.15) is 0 Å². The molecular formula is C48H61ClN2O3. The Balaban J connectivity index is 1.27. The van der Waals surface area contributed by atoms with Crippen LogP contribution in [0.4, 0.5) is 0 Å². The number of halogens is 1. The molecule has 0 aliphatic carbocycles. The first-order chi connectivity index (χ1) is 26.2. The molecular weight excluding hydrogens is 688 g/mol.